The summed E-state index contributed by atoms with van der Waals surface area (Å²) >= 11 is 0. The average molecular weight is 587 g/mol. The zero-order valence-electron chi connectivity index (χ0n) is 24.1. The number of unbranched alkanes of at least 4 members (excludes halogenated alkanes) is 1. The molecule has 0 radical (unpaired) electrons. The topological polar surface area (TPSA) is 180 Å². The molecule has 2 bridgehead atoms. The molecule has 0 saturated heterocycles. The highest BCUT2D eigenvalue weighted by Gasteiger charge is 2.34. The summed E-state index contributed by atoms with van der Waals surface area (Å²) in [5.74, 6) is -1.38. The largest absolute Gasteiger partial charge is 0.391 e. The first-order valence-corrected chi connectivity index (χ1v) is 14.6. The van der Waals surface area contributed by atoms with Gasteiger partial charge >= 0.3 is 0 Å². The Morgan fingerprint density at radius 1 is 0.907 bits per heavy atom. The van der Waals surface area contributed by atoms with Crippen molar-refractivity contribution in [3.63, 3.8) is 0 Å². The zero-order valence-corrected chi connectivity index (χ0v) is 24.1. The second-order valence-electron chi connectivity index (χ2n) is 11.0. The van der Waals surface area contributed by atoms with Gasteiger partial charge in [-0.1, -0.05) is 53.7 Å². The van der Waals surface area contributed by atoms with Gasteiger partial charge in [0.15, 0.2) is 0 Å². The van der Waals surface area contributed by atoms with Crippen LogP contribution in [0.1, 0.15) is 55.1 Å². The van der Waals surface area contributed by atoms with E-state index in [9.17, 15) is 19.5 Å². The predicted molar refractivity (Wildman–Crippen MR) is 161 cm³/mol. The van der Waals surface area contributed by atoms with Crippen molar-refractivity contribution in [2.24, 2.45) is 5.73 Å². The summed E-state index contributed by atoms with van der Waals surface area (Å²) in [6.07, 6.45) is 4.45. The quantitative estimate of drug-likeness (QED) is 0.161. The fourth-order valence-electron chi connectivity index (χ4n) is 5.46. The van der Waals surface area contributed by atoms with Gasteiger partial charge in [-0.2, -0.15) is 0 Å². The number of para-hydroxylation sites is 1. The summed E-state index contributed by atoms with van der Waals surface area (Å²) in [5.41, 5.74) is 8.64. The number of rotatable bonds is 9. The number of nitrogens with two attached hydrogens (primary N) is 1. The third kappa shape index (κ3) is 7.09. The van der Waals surface area contributed by atoms with Crippen molar-refractivity contribution in [1.29, 1.82) is 0 Å². The normalized spacial score (nSPS) is 22.1. The van der Waals surface area contributed by atoms with Crippen LogP contribution in [-0.2, 0) is 27.2 Å². The Bertz CT molecular complexity index is 1550. The van der Waals surface area contributed by atoms with Crippen molar-refractivity contribution in [2.75, 3.05) is 6.54 Å². The van der Waals surface area contributed by atoms with Crippen LogP contribution in [-0.4, -0.2) is 67.5 Å². The van der Waals surface area contributed by atoms with Gasteiger partial charge in [-0.3, -0.25) is 14.4 Å². The Kier molecular flexibility index (Phi) is 9.48. The summed E-state index contributed by atoms with van der Waals surface area (Å²) in [6, 6.07) is 13.5. The van der Waals surface area contributed by atoms with Gasteiger partial charge in [-0.15, -0.1) is 5.10 Å². The number of carbonyl (C=O) groups is 3. The molecule has 0 aliphatic carbocycles. The fraction of sp³-hybridized carbons (Fsp3) is 0.387. The van der Waals surface area contributed by atoms with Crippen molar-refractivity contribution in [1.82, 2.24) is 35.9 Å². The third-order valence-electron chi connectivity index (χ3n) is 7.83. The first-order valence-electron chi connectivity index (χ1n) is 14.6. The molecule has 12 nitrogen and oxygen atoms in total. The molecule has 1 aliphatic rings. The molecule has 7 N–H and O–H groups in total. The number of carbonyl (C=O) groups excluding carboxylic acids is 3. The Labute approximate surface area is 249 Å². The number of amides is 3. The molecule has 3 heterocycles. The van der Waals surface area contributed by atoms with Gasteiger partial charge in [0, 0.05) is 29.9 Å². The van der Waals surface area contributed by atoms with Crippen LogP contribution in [0, 0.1) is 0 Å². The van der Waals surface area contributed by atoms with E-state index in [-0.39, 0.29) is 12.8 Å². The zero-order chi connectivity index (χ0) is 30.3. The van der Waals surface area contributed by atoms with Crippen LogP contribution in [0.25, 0.3) is 10.9 Å². The number of aromatic nitrogens is 4. The molecule has 226 valence electrons. The molecular weight excluding hydrogens is 548 g/mol. The summed E-state index contributed by atoms with van der Waals surface area (Å²) in [5, 5.41) is 28.7. The van der Waals surface area contributed by atoms with Crippen molar-refractivity contribution in [3.8, 4) is 0 Å². The summed E-state index contributed by atoms with van der Waals surface area (Å²) in [7, 11) is 0. The van der Waals surface area contributed by atoms with E-state index >= 15 is 0 Å². The third-order valence-corrected chi connectivity index (χ3v) is 7.83. The lowest BCUT2D eigenvalue weighted by atomic mass is 10.0. The van der Waals surface area contributed by atoms with Gasteiger partial charge in [-0.25, -0.2) is 4.68 Å². The van der Waals surface area contributed by atoms with E-state index in [0.29, 0.717) is 31.5 Å². The SMILES string of the molecule is C[C@H](O)[C@H]1NC(=O)[C@@H](CCCCN)NC(=O)[C@H](Cc2c[nH]c3ccccc23)NC(=O)[C@H](Cc2ccccc2)n2cc1nn2. The number of hydrogen-bond donors (Lipinski definition) is 6. The van der Waals surface area contributed by atoms with Crippen LogP contribution in [0.2, 0.25) is 0 Å². The molecule has 0 unspecified atom stereocenters. The van der Waals surface area contributed by atoms with E-state index in [4.69, 9.17) is 5.73 Å². The smallest absolute Gasteiger partial charge is 0.245 e. The van der Waals surface area contributed by atoms with Crippen LogP contribution in [0.3, 0.4) is 0 Å². The lowest BCUT2D eigenvalue weighted by Crippen LogP contribution is -2.55. The minimum absolute atomic E-state index is 0.190. The summed E-state index contributed by atoms with van der Waals surface area (Å²) in [4.78, 5) is 44.7. The maximum atomic E-state index is 14.0. The summed E-state index contributed by atoms with van der Waals surface area (Å²) in [6.45, 7) is 1.99. The van der Waals surface area contributed by atoms with E-state index in [1.54, 1.807) is 6.20 Å². The van der Waals surface area contributed by atoms with Crippen molar-refractivity contribution >= 4 is 28.6 Å². The molecule has 2 aromatic heterocycles. The Hall–Kier alpha value is -4.55. The van der Waals surface area contributed by atoms with Crippen LogP contribution < -0.4 is 21.7 Å². The lowest BCUT2D eigenvalue weighted by molar-refractivity contribution is -0.133. The van der Waals surface area contributed by atoms with Gasteiger partial charge < -0.3 is 31.8 Å². The minimum Gasteiger partial charge on any atom is -0.391 e. The number of nitrogens with zero attached hydrogens (tertiary/aromatic N) is 3. The molecule has 12 heteroatoms. The number of fused-ring (bicyclic) bond motifs is 3. The number of nitrogens with one attached hydrogen (secondary N) is 4. The highest BCUT2D eigenvalue weighted by molar-refractivity contribution is 5.94. The number of H-pyrrole nitrogens is 1. The second kappa shape index (κ2) is 13.6. The molecular formula is C31H38N8O4. The highest BCUT2D eigenvalue weighted by atomic mass is 16.3. The molecule has 0 spiro atoms. The monoisotopic (exact) mass is 586 g/mol. The molecule has 2 aromatic carbocycles. The maximum absolute atomic E-state index is 14.0. The van der Waals surface area contributed by atoms with E-state index in [2.05, 4.69) is 31.2 Å². The number of benzene rings is 2. The van der Waals surface area contributed by atoms with Gasteiger partial charge in [0.2, 0.25) is 17.7 Å². The molecule has 0 fully saturated rings. The van der Waals surface area contributed by atoms with Crippen LogP contribution >= 0.6 is 0 Å². The van der Waals surface area contributed by atoms with E-state index in [1.807, 2.05) is 60.8 Å². The van der Waals surface area contributed by atoms with Crippen LogP contribution in [0.5, 0.6) is 0 Å². The molecule has 0 saturated carbocycles. The molecule has 1 aliphatic heterocycles. The number of aliphatic hydroxyl groups excluding tert-OH is 1. The first kappa shape index (κ1) is 29.9. The molecule has 5 rings (SSSR count). The van der Waals surface area contributed by atoms with Crippen LogP contribution in [0.15, 0.2) is 67.0 Å². The first-order chi connectivity index (χ1) is 20.8. The second-order valence-corrected chi connectivity index (χ2v) is 11.0. The number of hydrogen-bond acceptors (Lipinski definition) is 7. The van der Waals surface area contributed by atoms with E-state index < -0.39 is 48.0 Å². The number of aliphatic hydroxyl groups is 1. The molecule has 5 atom stereocenters. The molecule has 43 heavy (non-hydrogen) atoms. The summed E-state index contributed by atoms with van der Waals surface area (Å²) < 4.78 is 1.43. The highest BCUT2D eigenvalue weighted by Crippen LogP contribution is 2.22. The van der Waals surface area contributed by atoms with Gasteiger partial charge in [0.05, 0.1) is 12.3 Å². The average Bonchev–Trinajstić information content (AvgIpc) is 3.65. The molecule has 4 aromatic rings. The minimum atomic E-state index is -1.02. The number of aromatic amines is 1. The van der Waals surface area contributed by atoms with E-state index in [0.717, 1.165) is 22.0 Å². The standard InChI is InChI=1S/C31H38N8O4/c1-19(40)28-26-18-39(38-37-26)27(15-20-9-3-2-4-10-20)31(43)35-25(16-21-17-33-23-12-6-5-11-22(21)23)30(42)34-24(29(41)36-28)13-7-8-14-32/h2-6,9-12,17-19,24-25,27-28,33,40H,7-8,13-16,32H2,1H3,(H,34,42)(H,35,43)(H,36,41)/t19-,24+,25-,27-,28+/m0/s1. The van der Waals surface area contributed by atoms with Crippen molar-refractivity contribution < 1.29 is 19.5 Å². The Morgan fingerprint density at radius 2 is 1.63 bits per heavy atom. The molecule has 3 amide bonds. The fourth-order valence-corrected chi connectivity index (χ4v) is 5.46. The Morgan fingerprint density at radius 3 is 2.40 bits per heavy atom. The lowest BCUT2D eigenvalue weighted by Gasteiger charge is -2.26. The maximum Gasteiger partial charge on any atom is 0.245 e. The van der Waals surface area contributed by atoms with Gasteiger partial charge in [0.25, 0.3) is 0 Å². The Balaban J connectivity index is 1.54. The van der Waals surface area contributed by atoms with Crippen molar-refractivity contribution in [2.45, 2.75) is 69.3 Å². The van der Waals surface area contributed by atoms with Crippen molar-refractivity contribution in [3.05, 3.63) is 83.8 Å². The van der Waals surface area contributed by atoms with Gasteiger partial charge in [-0.05, 0) is 49.9 Å². The van der Waals surface area contributed by atoms with Gasteiger partial charge in [0.1, 0.15) is 29.9 Å². The van der Waals surface area contributed by atoms with Crippen LogP contribution in [0.4, 0.5) is 0 Å². The van der Waals surface area contributed by atoms with E-state index in [1.165, 1.54) is 11.6 Å². The predicted octanol–water partition coefficient (Wildman–Crippen LogP) is 1.44.